The van der Waals surface area contributed by atoms with Crippen molar-refractivity contribution in [3.8, 4) is 11.5 Å². The summed E-state index contributed by atoms with van der Waals surface area (Å²) in [5, 5.41) is 14.4. The number of hydrogen-bond acceptors (Lipinski definition) is 8. The second-order valence-corrected chi connectivity index (χ2v) is 9.20. The van der Waals surface area contributed by atoms with Gasteiger partial charge in [0.1, 0.15) is 11.5 Å². The van der Waals surface area contributed by atoms with Crippen molar-refractivity contribution in [2.75, 3.05) is 49.7 Å². The number of nitrogens with one attached hydrogen (secondary N) is 1. The van der Waals surface area contributed by atoms with Crippen LogP contribution in [0.3, 0.4) is 0 Å². The maximum absolute atomic E-state index is 13.5. The molecule has 194 valence electrons. The molecule has 3 aromatic carbocycles. The van der Waals surface area contributed by atoms with Gasteiger partial charge in [0.15, 0.2) is 0 Å². The first-order valence-corrected chi connectivity index (χ1v) is 12.9. The number of ether oxygens (including phenoxy) is 3. The molecule has 0 aliphatic carbocycles. The Hall–Kier alpha value is -3.76. The largest absolute Gasteiger partial charge is 0.492 e. The SMILES string of the molecule is CCOc1cc(N2CCOCC2)c(OCC)cc1NC(=O)c1cc([N+](=O)[O-])ccc1Sc1ccccc1. The third kappa shape index (κ3) is 6.52. The van der Waals surface area contributed by atoms with Gasteiger partial charge in [-0.15, -0.1) is 0 Å². The smallest absolute Gasteiger partial charge is 0.270 e. The summed E-state index contributed by atoms with van der Waals surface area (Å²) >= 11 is 1.36. The Morgan fingerprint density at radius 1 is 1.03 bits per heavy atom. The average molecular weight is 524 g/mol. The first-order valence-electron chi connectivity index (χ1n) is 12.1. The lowest BCUT2D eigenvalue weighted by Gasteiger charge is -2.31. The number of nitro groups is 1. The van der Waals surface area contributed by atoms with Crippen LogP contribution in [0.4, 0.5) is 17.1 Å². The molecule has 1 aliphatic heterocycles. The quantitative estimate of drug-likeness (QED) is 0.269. The molecule has 0 radical (unpaired) electrons. The number of hydrogen-bond donors (Lipinski definition) is 1. The van der Waals surface area contributed by atoms with Crippen LogP contribution < -0.4 is 19.7 Å². The van der Waals surface area contributed by atoms with Crippen LogP contribution in [0.25, 0.3) is 0 Å². The Kier molecular flexibility index (Phi) is 8.86. The highest BCUT2D eigenvalue weighted by atomic mass is 32.2. The first kappa shape index (κ1) is 26.3. The van der Waals surface area contributed by atoms with Gasteiger partial charge in [-0.3, -0.25) is 14.9 Å². The minimum atomic E-state index is -0.510. The van der Waals surface area contributed by atoms with E-state index in [4.69, 9.17) is 14.2 Å². The van der Waals surface area contributed by atoms with Crippen LogP contribution in [0.2, 0.25) is 0 Å². The van der Waals surface area contributed by atoms with Crippen LogP contribution in [-0.2, 0) is 4.74 Å². The molecule has 1 saturated heterocycles. The lowest BCUT2D eigenvalue weighted by Crippen LogP contribution is -2.36. The van der Waals surface area contributed by atoms with Crippen molar-refractivity contribution in [2.24, 2.45) is 0 Å². The number of nitro benzene ring substituents is 1. The Morgan fingerprint density at radius 3 is 2.41 bits per heavy atom. The summed E-state index contributed by atoms with van der Waals surface area (Å²) in [6, 6.07) is 17.4. The molecule has 37 heavy (non-hydrogen) atoms. The van der Waals surface area contributed by atoms with Crippen LogP contribution in [0, 0.1) is 10.1 Å². The fourth-order valence-corrected chi connectivity index (χ4v) is 4.89. The van der Waals surface area contributed by atoms with E-state index < -0.39 is 10.8 Å². The number of anilines is 2. The van der Waals surface area contributed by atoms with Crippen LogP contribution in [0.5, 0.6) is 11.5 Å². The van der Waals surface area contributed by atoms with E-state index >= 15 is 0 Å². The van der Waals surface area contributed by atoms with Crippen molar-refractivity contribution in [2.45, 2.75) is 23.6 Å². The van der Waals surface area contributed by atoms with E-state index in [1.54, 1.807) is 12.1 Å². The molecular weight excluding hydrogens is 494 g/mol. The van der Waals surface area contributed by atoms with Crippen molar-refractivity contribution in [1.82, 2.24) is 0 Å². The van der Waals surface area contributed by atoms with Crippen molar-refractivity contribution in [3.63, 3.8) is 0 Å². The second kappa shape index (κ2) is 12.5. The van der Waals surface area contributed by atoms with E-state index in [1.807, 2.05) is 50.2 Å². The topological polar surface area (TPSA) is 103 Å². The standard InChI is InChI=1S/C27H29N3O6S/c1-3-35-24-18-23(29-12-14-34-15-13-29)25(36-4-2)17-22(24)28-27(31)21-16-19(30(32)33)10-11-26(21)37-20-8-6-5-7-9-20/h5-11,16-18H,3-4,12-15H2,1-2H3,(H,28,31). The van der Waals surface area contributed by atoms with Gasteiger partial charge in [-0.25, -0.2) is 0 Å². The highest BCUT2D eigenvalue weighted by molar-refractivity contribution is 7.99. The summed E-state index contributed by atoms with van der Waals surface area (Å²) in [6.07, 6.45) is 0. The Labute approximate surface area is 219 Å². The van der Waals surface area contributed by atoms with E-state index in [0.717, 1.165) is 10.6 Å². The molecule has 0 bridgehead atoms. The highest BCUT2D eigenvalue weighted by Gasteiger charge is 2.23. The molecule has 1 N–H and O–H groups in total. The highest BCUT2D eigenvalue weighted by Crippen LogP contribution is 2.40. The van der Waals surface area contributed by atoms with Gasteiger partial charge in [0, 0.05) is 47.1 Å². The van der Waals surface area contributed by atoms with Gasteiger partial charge in [0.25, 0.3) is 11.6 Å². The number of non-ortho nitro benzene ring substituents is 1. The van der Waals surface area contributed by atoms with E-state index in [0.29, 0.717) is 61.6 Å². The summed E-state index contributed by atoms with van der Waals surface area (Å²) < 4.78 is 17.3. The zero-order valence-electron chi connectivity index (χ0n) is 20.8. The van der Waals surface area contributed by atoms with Crippen LogP contribution in [0.1, 0.15) is 24.2 Å². The molecule has 1 fully saturated rings. The van der Waals surface area contributed by atoms with Gasteiger partial charge in [-0.1, -0.05) is 30.0 Å². The van der Waals surface area contributed by atoms with Gasteiger partial charge in [0.2, 0.25) is 0 Å². The number of carbonyl (C=O) groups excluding carboxylic acids is 1. The molecule has 0 aromatic heterocycles. The maximum Gasteiger partial charge on any atom is 0.270 e. The summed E-state index contributed by atoms with van der Waals surface area (Å²) in [5.74, 6) is 0.620. The molecule has 1 heterocycles. The minimum absolute atomic E-state index is 0.162. The van der Waals surface area contributed by atoms with Gasteiger partial charge >= 0.3 is 0 Å². The number of benzene rings is 3. The van der Waals surface area contributed by atoms with Crippen LogP contribution >= 0.6 is 11.8 Å². The normalized spacial score (nSPS) is 13.2. The zero-order chi connectivity index (χ0) is 26.2. The van der Waals surface area contributed by atoms with Crippen molar-refractivity contribution >= 4 is 34.7 Å². The van der Waals surface area contributed by atoms with Crippen LogP contribution in [0.15, 0.2) is 70.5 Å². The van der Waals surface area contributed by atoms with E-state index in [-0.39, 0.29) is 11.3 Å². The Bertz CT molecular complexity index is 1250. The monoisotopic (exact) mass is 523 g/mol. The van der Waals surface area contributed by atoms with Crippen LogP contribution in [-0.4, -0.2) is 50.3 Å². The maximum atomic E-state index is 13.5. The predicted octanol–water partition coefficient (Wildman–Crippen LogP) is 5.63. The molecule has 3 aromatic rings. The summed E-state index contributed by atoms with van der Waals surface area (Å²) in [7, 11) is 0. The van der Waals surface area contributed by atoms with Crippen molar-refractivity contribution in [3.05, 3.63) is 76.3 Å². The van der Waals surface area contributed by atoms with E-state index in [2.05, 4.69) is 10.2 Å². The van der Waals surface area contributed by atoms with Gasteiger partial charge in [-0.05, 0) is 32.0 Å². The molecule has 9 nitrogen and oxygen atoms in total. The molecular formula is C27H29N3O6S. The third-order valence-electron chi connectivity index (χ3n) is 5.65. The van der Waals surface area contributed by atoms with E-state index in [9.17, 15) is 14.9 Å². The molecule has 0 saturated carbocycles. The molecule has 1 amide bonds. The Morgan fingerprint density at radius 2 is 1.73 bits per heavy atom. The molecule has 0 unspecified atom stereocenters. The van der Waals surface area contributed by atoms with E-state index in [1.165, 1.54) is 23.9 Å². The number of amides is 1. The lowest BCUT2D eigenvalue weighted by atomic mass is 10.1. The Balaban J connectivity index is 1.70. The number of rotatable bonds is 10. The fourth-order valence-electron chi connectivity index (χ4n) is 3.95. The zero-order valence-corrected chi connectivity index (χ0v) is 21.6. The summed E-state index contributed by atoms with van der Waals surface area (Å²) in [5.41, 5.74) is 1.32. The number of nitrogens with zero attached hydrogens (tertiary/aromatic N) is 2. The number of carbonyl (C=O) groups is 1. The molecule has 1 aliphatic rings. The van der Waals surface area contributed by atoms with Gasteiger partial charge < -0.3 is 24.4 Å². The number of morpholine rings is 1. The summed E-state index contributed by atoms with van der Waals surface area (Å²) in [6.45, 7) is 7.26. The first-order chi connectivity index (χ1) is 18.0. The third-order valence-corrected chi connectivity index (χ3v) is 6.73. The second-order valence-electron chi connectivity index (χ2n) is 8.09. The molecule has 0 atom stereocenters. The predicted molar refractivity (Wildman–Crippen MR) is 143 cm³/mol. The average Bonchev–Trinajstić information content (AvgIpc) is 2.91. The lowest BCUT2D eigenvalue weighted by molar-refractivity contribution is -0.384. The minimum Gasteiger partial charge on any atom is -0.492 e. The van der Waals surface area contributed by atoms with Crippen molar-refractivity contribution in [1.29, 1.82) is 0 Å². The molecule has 10 heteroatoms. The van der Waals surface area contributed by atoms with Gasteiger partial charge in [0.05, 0.1) is 48.3 Å². The molecule has 0 spiro atoms. The molecule has 4 rings (SSSR count). The van der Waals surface area contributed by atoms with Gasteiger partial charge in [-0.2, -0.15) is 0 Å². The van der Waals surface area contributed by atoms with Crippen molar-refractivity contribution < 1.29 is 23.9 Å². The fraction of sp³-hybridized carbons (Fsp3) is 0.296. The summed E-state index contributed by atoms with van der Waals surface area (Å²) in [4.78, 5) is 28.2.